The first-order valence-corrected chi connectivity index (χ1v) is 8.56. The lowest BCUT2D eigenvalue weighted by atomic mass is 10.0. The van der Waals surface area contributed by atoms with Crippen LogP contribution in [-0.4, -0.2) is 86.5 Å². The third-order valence-electron chi connectivity index (χ3n) is 4.22. The van der Waals surface area contributed by atoms with Crippen LogP contribution in [0.3, 0.4) is 0 Å². The summed E-state index contributed by atoms with van der Waals surface area (Å²) < 4.78 is 33.4. The Kier molecular flexibility index (Phi) is 5.04. The molecule has 2 aliphatic rings. The predicted octanol–water partition coefficient (Wildman–Crippen LogP) is -1.08. The maximum atomic E-state index is 12.5. The van der Waals surface area contributed by atoms with E-state index in [1.165, 1.54) is 4.31 Å². The average molecular weight is 306 g/mol. The molecule has 8 heteroatoms. The van der Waals surface area contributed by atoms with Crippen molar-refractivity contribution in [3.63, 3.8) is 0 Å². The van der Waals surface area contributed by atoms with Gasteiger partial charge < -0.3 is 10.5 Å². The van der Waals surface area contributed by atoms with Crippen molar-refractivity contribution in [3.8, 4) is 0 Å². The highest BCUT2D eigenvalue weighted by Crippen LogP contribution is 2.19. The summed E-state index contributed by atoms with van der Waals surface area (Å²) in [6.07, 6.45) is 0. The monoisotopic (exact) mass is 306 g/mol. The van der Waals surface area contributed by atoms with Crippen molar-refractivity contribution in [2.45, 2.75) is 19.4 Å². The van der Waals surface area contributed by atoms with Crippen LogP contribution in [-0.2, 0) is 14.9 Å². The van der Waals surface area contributed by atoms with Crippen molar-refractivity contribution < 1.29 is 13.2 Å². The molecule has 0 saturated carbocycles. The van der Waals surface area contributed by atoms with E-state index in [9.17, 15) is 8.42 Å². The standard InChI is InChI=1S/C12H26N4O3S/c1-12(2,11-13)14-3-5-15(6-4-14)20(17,18)16-7-9-19-10-8-16/h3-11,13H2,1-2H3. The molecule has 2 aliphatic heterocycles. The van der Waals surface area contributed by atoms with Crippen molar-refractivity contribution in [3.05, 3.63) is 0 Å². The van der Waals surface area contributed by atoms with Gasteiger partial charge in [0.1, 0.15) is 0 Å². The SMILES string of the molecule is CC(C)(CN)N1CCN(S(=O)(=O)N2CCOCC2)CC1. The Morgan fingerprint density at radius 2 is 1.50 bits per heavy atom. The largest absolute Gasteiger partial charge is 0.379 e. The molecule has 0 aromatic heterocycles. The van der Waals surface area contributed by atoms with E-state index < -0.39 is 10.2 Å². The van der Waals surface area contributed by atoms with Crippen LogP contribution in [0, 0.1) is 0 Å². The Bertz CT molecular complexity index is 412. The summed E-state index contributed by atoms with van der Waals surface area (Å²) in [5.74, 6) is 0. The number of rotatable bonds is 4. The fraction of sp³-hybridized carbons (Fsp3) is 1.00. The van der Waals surface area contributed by atoms with E-state index in [0.29, 0.717) is 45.9 Å². The van der Waals surface area contributed by atoms with Crippen LogP contribution in [0.4, 0.5) is 0 Å². The van der Waals surface area contributed by atoms with Gasteiger partial charge in [-0.1, -0.05) is 0 Å². The third-order valence-corrected chi connectivity index (χ3v) is 6.25. The molecule has 0 spiro atoms. The van der Waals surface area contributed by atoms with Gasteiger partial charge in [0.05, 0.1) is 13.2 Å². The molecule has 0 amide bonds. The molecular formula is C12H26N4O3S. The molecule has 2 heterocycles. The minimum absolute atomic E-state index is 0.0746. The summed E-state index contributed by atoms with van der Waals surface area (Å²) in [5, 5.41) is 0. The van der Waals surface area contributed by atoms with E-state index in [1.54, 1.807) is 4.31 Å². The lowest BCUT2D eigenvalue weighted by molar-refractivity contribution is 0.0617. The number of morpholine rings is 1. The molecular weight excluding hydrogens is 280 g/mol. The first kappa shape index (κ1) is 16.1. The highest BCUT2D eigenvalue weighted by molar-refractivity contribution is 7.86. The van der Waals surface area contributed by atoms with Gasteiger partial charge in [0, 0.05) is 51.4 Å². The van der Waals surface area contributed by atoms with E-state index in [-0.39, 0.29) is 5.54 Å². The van der Waals surface area contributed by atoms with Crippen molar-refractivity contribution in [2.75, 3.05) is 59.0 Å². The molecule has 0 atom stereocenters. The first-order valence-electron chi connectivity index (χ1n) is 7.16. The smallest absolute Gasteiger partial charge is 0.282 e. The maximum absolute atomic E-state index is 12.5. The van der Waals surface area contributed by atoms with Crippen molar-refractivity contribution >= 4 is 10.2 Å². The Hall–Kier alpha value is -0.250. The number of hydrogen-bond donors (Lipinski definition) is 1. The second-order valence-electron chi connectivity index (χ2n) is 5.92. The fourth-order valence-electron chi connectivity index (χ4n) is 2.59. The molecule has 0 aromatic rings. The van der Waals surface area contributed by atoms with Crippen molar-refractivity contribution in [2.24, 2.45) is 5.73 Å². The van der Waals surface area contributed by atoms with Crippen LogP contribution in [0.2, 0.25) is 0 Å². The van der Waals surface area contributed by atoms with Gasteiger partial charge in [-0.05, 0) is 13.8 Å². The van der Waals surface area contributed by atoms with Crippen molar-refractivity contribution in [1.29, 1.82) is 0 Å². The minimum atomic E-state index is -3.33. The minimum Gasteiger partial charge on any atom is -0.379 e. The van der Waals surface area contributed by atoms with Gasteiger partial charge in [0.25, 0.3) is 10.2 Å². The Morgan fingerprint density at radius 3 is 2.00 bits per heavy atom. The highest BCUT2D eigenvalue weighted by atomic mass is 32.2. The van der Waals surface area contributed by atoms with E-state index in [0.717, 1.165) is 13.1 Å². The summed E-state index contributed by atoms with van der Waals surface area (Å²) in [6.45, 7) is 9.17. The summed E-state index contributed by atoms with van der Waals surface area (Å²) in [5.41, 5.74) is 5.70. The zero-order valence-electron chi connectivity index (χ0n) is 12.4. The summed E-state index contributed by atoms with van der Waals surface area (Å²) in [6, 6.07) is 0. The molecule has 118 valence electrons. The average Bonchev–Trinajstić information content (AvgIpc) is 2.48. The van der Waals surface area contributed by atoms with Crippen LogP contribution in [0.25, 0.3) is 0 Å². The number of nitrogens with two attached hydrogens (primary N) is 1. The molecule has 0 aromatic carbocycles. The maximum Gasteiger partial charge on any atom is 0.282 e. The molecule has 2 rings (SSSR count). The van der Waals surface area contributed by atoms with Gasteiger partial charge >= 0.3 is 0 Å². The molecule has 0 radical (unpaired) electrons. The molecule has 7 nitrogen and oxygen atoms in total. The second-order valence-corrected chi connectivity index (χ2v) is 7.85. The molecule has 2 saturated heterocycles. The van der Waals surface area contributed by atoms with Gasteiger partial charge in [0.2, 0.25) is 0 Å². The quantitative estimate of drug-likeness (QED) is 0.715. The van der Waals surface area contributed by atoms with Crippen LogP contribution in [0.15, 0.2) is 0 Å². The van der Waals surface area contributed by atoms with Crippen LogP contribution in [0.5, 0.6) is 0 Å². The zero-order valence-corrected chi connectivity index (χ0v) is 13.2. The van der Waals surface area contributed by atoms with E-state index in [4.69, 9.17) is 10.5 Å². The second kappa shape index (κ2) is 6.25. The van der Waals surface area contributed by atoms with Crippen molar-refractivity contribution in [1.82, 2.24) is 13.5 Å². The number of ether oxygens (including phenoxy) is 1. The van der Waals surface area contributed by atoms with Gasteiger partial charge in [0.15, 0.2) is 0 Å². The summed E-state index contributed by atoms with van der Waals surface area (Å²) in [7, 11) is -3.33. The van der Waals surface area contributed by atoms with E-state index >= 15 is 0 Å². The van der Waals surface area contributed by atoms with Gasteiger partial charge in [-0.3, -0.25) is 4.90 Å². The Labute approximate surface area is 121 Å². The van der Waals surface area contributed by atoms with Crippen LogP contribution < -0.4 is 5.73 Å². The molecule has 2 N–H and O–H groups in total. The zero-order chi connectivity index (χ0) is 14.8. The molecule has 20 heavy (non-hydrogen) atoms. The van der Waals surface area contributed by atoms with Gasteiger partial charge in [-0.2, -0.15) is 17.0 Å². The van der Waals surface area contributed by atoms with Crippen LogP contribution in [0.1, 0.15) is 13.8 Å². The normalized spacial score (nSPS) is 24.9. The molecule has 0 bridgehead atoms. The summed E-state index contributed by atoms with van der Waals surface area (Å²) >= 11 is 0. The molecule has 0 unspecified atom stereocenters. The van der Waals surface area contributed by atoms with Gasteiger partial charge in [-0.15, -0.1) is 0 Å². The first-order chi connectivity index (χ1) is 9.38. The van der Waals surface area contributed by atoms with E-state index in [2.05, 4.69) is 18.7 Å². The Morgan fingerprint density at radius 1 is 1.00 bits per heavy atom. The highest BCUT2D eigenvalue weighted by Gasteiger charge is 2.36. The lowest BCUT2D eigenvalue weighted by Crippen LogP contribution is -2.60. The van der Waals surface area contributed by atoms with E-state index in [1.807, 2.05) is 0 Å². The lowest BCUT2D eigenvalue weighted by Gasteiger charge is -2.44. The fourth-order valence-corrected chi connectivity index (χ4v) is 4.16. The predicted molar refractivity (Wildman–Crippen MR) is 77.6 cm³/mol. The number of hydrogen-bond acceptors (Lipinski definition) is 5. The van der Waals surface area contributed by atoms with Crippen LogP contribution >= 0.6 is 0 Å². The number of piperazine rings is 1. The molecule has 0 aliphatic carbocycles. The number of nitrogens with zero attached hydrogens (tertiary/aromatic N) is 3. The molecule has 2 fully saturated rings. The Balaban J connectivity index is 1.96. The van der Waals surface area contributed by atoms with Gasteiger partial charge in [-0.25, -0.2) is 0 Å². The summed E-state index contributed by atoms with van der Waals surface area (Å²) in [4.78, 5) is 2.26. The topological polar surface area (TPSA) is 79.1 Å². The third kappa shape index (κ3) is 3.32.